The van der Waals surface area contributed by atoms with Gasteiger partial charge in [0.25, 0.3) is 5.69 Å². The third-order valence-corrected chi connectivity index (χ3v) is 6.58. The lowest BCUT2D eigenvalue weighted by atomic mass is 10.4. The van der Waals surface area contributed by atoms with Crippen LogP contribution >= 0.6 is 22.7 Å². The summed E-state index contributed by atoms with van der Waals surface area (Å²) < 4.78 is 26.6. The van der Waals surface area contributed by atoms with E-state index in [9.17, 15) is 18.5 Å². The smallest absolute Gasteiger partial charge is 0.258 e. The largest absolute Gasteiger partial charge is 0.284 e. The van der Waals surface area contributed by atoms with E-state index in [4.69, 9.17) is 0 Å². The van der Waals surface area contributed by atoms with Crippen molar-refractivity contribution in [1.29, 1.82) is 0 Å². The highest BCUT2D eigenvalue weighted by Crippen LogP contribution is 2.31. The topological polar surface area (TPSA) is 102 Å². The minimum atomic E-state index is -3.72. The first-order valence-electron chi connectivity index (χ1n) is 5.95. The minimum absolute atomic E-state index is 0.0398. The fourth-order valence-electron chi connectivity index (χ4n) is 1.64. The zero-order chi connectivity index (χ0) is 15.6. The normalized spacial score (nSPS) is 11.7. The quantitative estimate of drug-likeness (QED) is 0.638. The molecule has 0 aromatic carbocycles. The Labute approximate surface area is 129 Å². The standard InChI is InChI=1S/C11H13N3O4S3/c1-7-6-12-10(19-7)3-4-13-21(17,18)11-5-9(14(15)16)8(2)20-11/h5-6,13H,3-4H2,1-2H3. The number of aryl methyl sites for hydroxylation is 2. The lowest BCUT2D eigenvalue weighted by Gasteiger charge is -2.02. The van der Waals surface area contributed by atoms with Crippen molar-refractivity contribution in [3.05, 3.63) is 37.1 Å². The number of nitrogens with one attached hydrogen (secondary N) is 1. The highest BCUT2D eigenvalue weighted by molar-refractivity contribution is 7.91. The average molecular weight is 347 g/mol. The molecule has 2 aromatic heterocycles. The molecule has 0 spiro atoms. The van der Waals surface area contributed by atoms with E-state index >= 15 is 0 Å². The van der Waals surface area contributed by atoms with Crippen LogP contribution in [0, 0.1) is 24.0 Å². The van der Waals surface area contributed by atoms with Gasteiger partial charge in [-0.1, -0.05) is 0 Å². The SMILES string of the molecule is Cc1cnc(CCNS(=O)(=O)c2cc([N+](=O)[O-])c(C)s2)s1. The third kappa shape index (κ3) is 3.84. The van der Waals surface area contributed by atoms with Gasteiger partial charge in [0.2, 0.25) is 10.0 Å². The van der Waals surface area contributed by atoms with Crippen LogP contribution in [0.25, 0.3) is 0 Å². The molecule has 2 aromatic rings. The minimum Gasteiger partial charge on any atom is -0.258 e. The Bertz CT molecular complexity index is 764. The first-order valence-corrected chi connectivity index (χ1v) is 9.07. The maximum Gasteiger partial charge on any atom is 0.284 e. The first-order chi connectivity index (χ1) is 9.79. The summed E-state index contributed by atoms with van der Waals surface area (Å²) in [6, 6.07) is 1.09. The molecule has 0 saturated carbocycles. The van der Waals surface area contributed by atoms with E-state index in [0.717, 1.165) is 27.3 Å². The second-order valence-electron chi connectivity index (χ2n) is 4.28. The number of thiophene rings is 1. The van der Waals surface area contributed by atoms with Gasteiger partial charge in [-0.15, -0.1) is 22.7 Å². The molecule has 0 fully saturated rings. The Kier molecular flexibility index (Phi) is 4.71. The Morgan fingerprint density at radius 3 is 2.62 bits per heavy atom. The molecule has 0 unspecified atom stereocenters. The molecule has 0 amide bonds. The van der Waals surface area contributed by atoms with Crippen LogP contribution in [-0.2, 0) is 16.4 Å². The number of sulfonamides is 1. The molecule has 7 nitrogen and oxygen atoms in total. The van der Waals surface area contributed by atoms with Gasteiger partial charge in [0.15, 0.2) is 0 Å². The van der Waals surface area contributed by atoms with Crippen molar-refractivity contribution in [2.45, 2.75) is 24.5 Å². The predicted molar refractivity (Wildman–Crippen MR) is 81.5 cm³/mol. The van der Waals surface area contributed by atoms with Crippen molar-refractivity contribution in [3.63, 3.8) is 0 Å². The lowest BCUT2D eigenvalue weighted by molar-refractivity contribution is -0.385. The van der Waals surface area contributed by atoms with Crippen LogP contribution in [0.2, 0.25) is 0 Å². The van der Waals surface area contributed by atoms with Crippen LogP contribution in [0.15, 0.2) is 16.5 Å². The average Bonchev–Trinajstić information content (AvgIpc) is 2.96. The Hall–Kier alpha value is -1.36. The van der Waals surface area contributed by atoms with E-state index in [1.165, 1.54) is 18.3 Å². The highest BCUT2D eigenvalue weighted by atomic mass is 32.2. The fourth-order valence-corrected chi connectivity index (χ4v) is 4.91. The molecule has 21 heavy (non-hydrogen) atoms. The van der Waals surface area contributed by atoms with Crippen LogP contribution in [0.1, 0.15) is 14.8 Å². The van der Waals surface area contributed by atoms with Crippen molar-refractivity contribution in [3.8, 4) is 0 Å². The van der Waals surface area contributed by atoms with Gasteiger partial charge in [-0.05, 0) is 13.8 Å². The van der Waals surface area contributed by atoms with Gasteiger partial charge in [0.1, 0.15) is 4.21 Å². The molecule has 10 heteroatoms. The van der Waals surface area contributed by atoms with Gasteiger partial charge in [-0.2, -0.15) is 0 Å². The number of thiazole rings is 1. The fraction of sp³-hybridized carbons (Fsp3) is 0.364. The number of hydrogen-bond acceptors (Lipinski definition) is 7. The maximum atomic E-state index is 12.1. The molecule has 0 saturated heterocycles. The molecule has 0 atom stereocenters. The monoisotopic (exact) mass is 347 g/mol. The summed E-state index contributed by atoms with van der Waals surface area (Å²) in [6.45, 7) is 3.67. The molecule has 114 valence electrons. The Morgan fingerprint density at radius 1 is 1.38 bits per heavy atom. The second kappa shape index (κ2) is 6.18. The summed E-state index contributed by atoms with van der Waals surface area (Å²) in [6.07, 6.45) is 2.23. The molecular formula is C11H13N3O4S3. The summed E-state index contributed by atoms with van der Waals surface area (Å²) in [4.78, 5) is 15.8. The van der Waals surface area contributed by atoms with Crippen LogP contribution in [0.4, 0.5) is 5.69 Å². The van der Waals surface area contributed by atoms with E-state index in [1.54, 1.807) is 6.20 Å². The van der Waals surface area contributed by atoms with Crippen LogP contribution in [-0.4, -0.2) is 24.9 Å². The molecule has 0 bridgehead atoms. The van der Waals surface area contributed by atoms with Gasteiger partial charge in [0.05, 0.1) is 14.8 Å². The molecule has 0 aliphatic carbocycles. The number of nitro groups is 1. The summed E-state index contributed by atoms with van der Waals surface area (Å²) in [5.74, 6) is 0. The van der Waals surface area contributed by atoms with E-state index < -0.39 is 14.9 Å². The first kappa shape index (κ1) is 16.0. The summed E-state index contributed by atoms with van der Waals surface area (Å²) in [5, 5.41) is 11.6. The molecule has 2 rings (SSSR count). The summed E-state index contributed by atoms with van der Waals surface area (Å²) >= 11 is 2.41. The number of nitrogens with zero attached hydrogens (tertiary/aromatic N) is 2. The van der Waals surface area contributed by atoms with E-state index in [0.29, 0.717) is 11.3 Å². The lowest BCUT2D eigenvalue weighted by Crippen LogP contribution is -2.25. The van der Waals surface area contributed by atoms with Crippen LogP contribution < -0.4 is 4.72 Å². The van der Waals surface area contributed by atoms with E-state index in [1.807, 2.05) is 6.92 Å². The van der Waals surface area contributed by atoms with E-state index in [2.05, 4.69) is 9.71 Å². The number of rotatable bonds is 6. The molecule has 0 aliphatic heterocycles. The highest BCUT2D eigenvalue weighted by Gasteiger charge is 2.23. The van der Waals surface area contributed by atoms with Gasteiger partial charge in [0, 0.05) is 30.1 Å². The summed E-state index contributed by atoms with van der Waals surface area (Å²) in [7, 11) is -3.72. The zero-order valence-corrected chi connectivity index (χ0v) is 13.8. The Morgan fingerprint density at radius 2 is 2.10 bits per heavy atom. The van der Waals surface area contributed by atoms with Crippen LogP contribution in [0.5, 0.6) is 0 Å². The molecule has 0 aliphatic rings. The predicted octanol–water partition coefficient (Wildman–Crippen LogP) is 2.25. The number of hydrogen-bond donors (Lipinski definition) is 1. The van der Waals surface area contributed by atoms with Crippen molar-refractivity contribution >= 4 is 38.4 Å². The van der Waals surface area contributed by atoms with E-state index in [-0.39, 0.29) is 16.4 Å². The zero-order valence-electron chi connectivity index (χ0n) is 11.3. The third-order valence-electron chi connectivity index (χ3n) is 2.63. The molecule has 1 N–H and O–H groups in total. The Balaban J connectivity index is 2.04. The summed E-state index contributed by atoms with van der Waals surface area (Å²) in [5.41, 5.74) is -0.170. The van der Waals surface area contributed by atoms with Crippen molar-refractivity contribution in [2.75, 3.05) is 6.54 Å². The maximum absolute atomic E-state index is 12.1. The molecule has 0 radical (unpaired) electrons. The molecular weight excluding hydrogens is 334 g/mol. The van der Waals surface area contributed by atoms with Gasteiger partial charge < -0.3 is 0 Å². The molecule has 2 heterocycles. The van der Waals surface area contributed by atoms with Gasteiger partial charge in [-0.3, -0.25) is 10.1 Å². The number of aromatic nitrogens is 1. The van der Waals surface area contributed by atoms with Gasteiger partial charge >= 0.3 is 0 Å². The van der Waals surface area contributed by atoms with Gasteiger partial charge in [-0.25, -0.2) is 18.1 Å². The van der Waals surface area contributed by atoms with Crippen molar-refractivity contribution < 1.29 is 13.3 Å². The van der Waals surface area contributed by atoms with Crippen molar-refractivity contribution in [2.24, 2.45) is 0 Å². The second-order valence-corrected chi connectivity index (χ2v) is 8.85. The van der Waals surface area contributed by atoms with Crippen LogP contribution in [0.3, 0.4) is 0 Å². The van der Waals surface area contributed by atoms with Crippen molar-refractivity contribution in [1.82, 2.24) is 9.71 Å².